The minimum absolute atomic E-state index is 0.0201. The summed E-state index contributed by atoms with van der Waals surface area (Å²) in [5.41, 5.74) is 2.62. The second kappa shape index (κ2) is 47.7. The van der Waals surface area contributed by atoms with E-state index in [2.05, 4.69) is 86.2 Å². The van der Waals surface area contributed by atoms with Crippen molar-refractivity contribution in [1.82, 2.24) is 91.0 Å². The van der Waals surface area contributed by atoms with Gasteiger partial charge >= 0.3 is 0 Å². The van der Waals surface area contributed by atoms with Crippen molar-refractivity contribution in [2.24, 2.45) is 5.92 Å². The lowest BCUT2D eigenvalue weighted by Crippen LogP contribution is -2.64. The van der Waals surface area contributed by atoms with Crippen LogP contribution in [0.2, 0.25) is 0 Å². The van der Waals surface area contributed by atoms with Gasteiger partial charge in [-0.3, -0.25) is 29.0 Å². The zero-order valence-electron chi connectivity index (χ0n) is 65.0. The van der Waals surface area contributed by atoms with Crippen LogP contribution in [0.4, 0.5) is 0 Å². The van der Waals surface area contributed by atoms with E-state index in [0.29, 0.717) is 81.7 Å². The second-order valence-electron chi connectivity index (χ2n) is 28.5. The summed E-state index contributed by atoms with van der Waals surface area (Å²) in [7, 11) is 0. The maximum atomic E-state index is 11.9. The van der Waals surface area contributed by atoms with E-state index in [0.717, 1.165) is 19.3 Å². The molecular weight excluding hydrogens is 1520 g/mol. The lowest BCUT2D eigenvalue weighted by molar-refractivity contribution is -0.272. The number of hydrogen-bond acceptors (Lipinski definition) is 38. The highest BCUT2D eigenvalue weighted by Gasteiger charge is 2.49. The molecule has 0 spiro atoms. The highest BCUT2D eigenvalue weighted by molar-refractivity contribution is 5.74. The van der Waals surface area contributed by atoms with Crippen molar-refractivity contribution in [2.75, 3.05) is 112 Å². The summed E-state index contributed by atoms with van der Waals surface area (Å²) in [4.78, 5) is 52.1. The minimum Gasteiger partial charge on any atom is -0.394 e. The van der Waals surface area contributed by atoms with E-state index in [9.17, 15) is 80.5 Å². The molecule has 0 aliphatic carbocycles. The number of unbranched alkanes of at least 4 members (excludes halogenated alkanes) is 1. The Kier molecular flexibility index (Phi) is 38.9. The first kappa shape index (κ1) is 92.9. The van der Waals surface area contributed by atoms with Crippen LogP contribution in [-0.2, 0) is 128 Å². The van der Waals surface area contributed by atoms with Gasteiger partial charge < -0.3 is 139 Å². The fourth-order valence-corrected chi connectivity index (χ4v) is 13.5. The van der Waals surface area contributed by atoms with Crippen molar-refractivity contribution in [3.05, 3.63) is 47.6 Å². The van der Waals surface area contributed by atoms with Gasteiger partial charge in [-0.2, -0.15) is 0 Å². The molecule has 46 heteroatoms. The molecule has 0 aromatic carbocycles. The van der Waals surface area contributed by atoms with Gasteiger partial charge in [0.25, 0.3) is 0 Å². The fourth-order valence-electron chi connectivity index (χ4n) is 13.5. The number of aliphatic hydroxyl groups excluding tert-OH is 12. The van der Waals surface area contributed by atoms with Gasteiger partial charge in [0.1, 0.15) is 97.4 Å². The van der Waals surface area contributed by atoms with E-state index in [4.69, 9.17) is 56.8 Å². The average Bonchev–Trinajstić information content (AvgIpc) is 1.33. The number of nitrogens with one attached hydrogen (secondary N) is 4. The van der Waals surface area contributed by atoms with Crippen LogP contribution in [0, 0.1) is 5.92 Å². The molecule has 4 saturated heterocycles. The van der Waals surface area contributed by atoms with Gasteiger partial charge in [-0.05, 0) is 25.3 Å². The molecule has 8 rings (SSSR count). The van der Waals surface area contributed by atoms with Crippen LogP contribution in [0.15, 0.2) is 24.8 Å². The van der Waals surface area contributed by atoms with Gasteiger partial charge in [-0.1, -0.05) is 41.1 Å². The Balaban J connectivity index is 0.894. The van der Waals surface area contributed by atoms with Gasteiger partial charge in [0.2, 0.25) is 23.6 Å². The van der Waals surface area contributed by atoms with Crippen LogP contribution >= 0.6 is 0 Å². The van der Waals surface area contributed by atoms with Gasteiger partial charge in [-0.15, -0.1) is 20.4 Å². The normalized spacial score (nSPS) is 28.3. The Morgan fingerprint density at radius 2 is 0.658 bits per heavy atom. The van der Waals surface area contributed by atoms with Crippen LogP contribution in [0.25, 0.3) is 0 Å². The Bertz CT molecular complexity index is 3240. The van der Waals surface area contributed by atoms with Crippen LogP contribution in [0.1, 0.15) is 83.6 Å². The highest BCUT2D eigenvalue weighted by atomic mass is 16.7. The number of aromatic nitrogens is 12. The molecule has 46 nitrogen and oxygen atoms in total. The summed E-state index contributed by atoms with van der Waals surface area (Å²) in [6.07, 6.45) is -11.5. The van der Waals surface area contributed by atoms with E-state index < -0.39 is 173 Å². The number of amides is 4. The Hall–Kier alpha value is -6.60. The molecular formula is C68H116N18O28. The third kappa shape index (κ3) is 28.6. The van der Waals surface area contributed by atoms with Gasteiger partial charge in [-0.25, -0.2) is 18.7 Å². The predicted octanol–water partition coefficient (Wildman–Crippen LogP) is -9.14. The molecule has 3 unspecified atom stereocenters. The number of nitrogens with zero attached hydrogens (tertiary/aromatic N) is 14. The molecule has 646 valence electrons. The Morgan fingerprint density at radius 3 is 0.904 bits per heavy atom. The second-order valence-corrected chi connectivity index (χ2v) is 28.5. The molecule has 4 amide bonds. The SMILES string of the molecule is CC(=O)NC1[C@H](OCCOCCn2cc(CN(Cc3cn(CCOCCO[C@@H]4O[C@H](CO)[C@H](O)[C@H](O)[C@H]4NC(C)=O)nn3)C(CCCCN(Cc3cn(CCOCCOC4O[C@H](CO)[C@H](O)[C@H](O)[C@H]4NC(C)=O)nn3)Cc3cn(CCOCCO[C@@H]4O[C@H](CO)[C@H](O)[C@H](O)[C@H]4NC(C)=O)nn3)C(C)C)nn2)O[C@H](CO)[C@H](O)[C@@H]1O. The summed E-state index contributed by atoms with van der Waals surface area (Å²) in [6.45, 7) is 11.2. The largest absolute Gasteiger partial charge is 0.394 e. The Morgan fingerprint density at radius 1 is 0.395 bits per heavy atom. The zero-order valence-corrected chi connectivity index (χ0v) is 65.0. The Labute approximate surface area is 657 Å². The molecule has 0 saturated carbocycles. The summed E-state index contributed by atoms with van der Waals surface area (Å²) in [6, 6.07) is -4.46. The zero-order chi connectivity index (χ0) is 82.4. The maximum absolute atomic E-state index is 11.9. The summed E-state index contributed by atoms with van der Waals surface area (Å²) in [5.74, 6) is -1.83. The molecule has 16 N–H and O–H groups in total. The monoisotopic (exact) mass is 1630 g/mol. The first-order chi connectivity index (χ1) is 54.8. The van der Waals surface area contributed by atoms with E-state index in [1.807, 2.05) is 24.8 Å². The van der Waals surface area contributed by atoms with Crippen molar-refractivity contribution in [3.63, 3.8) is 0 Å². The molecule has 4 aliphatic heterocycles. The van der Waals surface area contributed by atoms with Crippen molar-refractivity contribution < 1.29 is 137 Å². The van der Waals surface area contributed by atoms with Crippen LogP contribution < -0.4 is 21.3 Å². The summed E-state index contributed by atoms with van der Waals surface area (Å²) < 4.78 is 75.7. The first-order valence-electron chi connectivity index (χ1n) is 38.2. The number of ether oxygens (including phenoxy) is 12. The van der Waals surface area contributed by atoms with Crippen molar-refractivity contribution in [2.45, 2.75) is 242 Å². The van der Waals surface area contributed by atoms with E-state index in [1.54, 1.807) is 18.7 Å². The smallest absolute Gasteiger partial charge is 0.217 e. The van der Waals surface area contributed by atoms with Crippen molar-refractivity contribution in [3.8, 4) is 0 Å². The summed E-state index contributed by atoms with van der Waals surface area (Å²) >= 11 is 0. The van der Waals surface area contributed by atoms with Gasteiger partial charge in [0, 0.05) is 84.7 Å². The van der Waals surface area contributed by atoms with E-state index >= 15 is 0 Å². The number of carbonyl (C=O) groups is 4. The predicted molar refractivity (Wildman–Crippen MR) is 384 cm³/mol. The number of hydrogen-bond donors (Lipinski definition) is 16. The van der Waals surface area contributed by atoms with Gasteiger partial charge in [0.15, 0.2) is 25.2 Å². The fraction of sp³-hybridized carbons (Fsp3) is 0.824. The first-order valence-corrected chi connectivity index (χ1v) is 38.2. The van der Waals surface area contributed by atoms with E-state index in [-0.39, 0.29) is 91.2 Å². The molecule has 4 aliphatic rings. The molecule has 4 aromatic rings. The number of carbonyl (C=O) groups excluding carboxylic acids is 4. The number of aliphatic hydroxyl groups is 12. The highest BCUT2D eigenvalue weighted by Crippen LogP contribution is 2.28. The average molecular weight is 1630 g/mol. The molecule has 114 heavy (non-hydrogen) atoms. The maximum Gasteiger partial charge on any atom is 0.217 e. The van der Waals surface area contributed by atoms with E-state index in [1.165, 1.54) is 27.7 Å². The molecule has 0 radical (unpaired) electrons. The molecule has 4 fully saturated rings. The quantitative estimate of drug-likeness (QED) is 0.0183. The third-order valence-electron chi connectivity index (χ3n) is 19.2. The molecule has 0 bridgehead atoms. The summed E-state index contributed by atoms with van der Waals surface area (Å²) in [5, 5.41) is 169. The standard InChI is InChI=1S/C68H116N18O28/c1-39(2)48(82(29-46-33-85(79-75-46)13-17-105-21-25-109-67-55(71-42(5)93)63(101)59(97)51(37-89)113-67)30-47-34-86(80-76-47)14-18-106-22-26-110-68-56(72-43(6)94)64(102)60(98)52(38-90)114-68)9-7-8-10-81(27-44-31-83(77-73-44)11-15-103-19-23-107-65-53(69-40(3)91)61(99)57(95)49(35-87)111-65)28-45-32-84(78-74-45)12-16-104-20-24-108-66-54(70-41(4)92)62(100)58(96)50(36-88)112-66/h31-34,39,48-68,87-90,95-102H,7-30,35-38H2,1-6H3,(H,69,91)(H,70,92)(H,71,93)(H,72,94)/t48?,49-,50-,51-,52-,53-,54-,55-,56?,57+,58+,59+,60+,61-,62-,63-,64-,65-,66?,67-,68-/m1/s1. The van der Waals surface area contributed by atoms with Crippen molar-refractivity contribution >= 4 is 23.6 Å². The molecule has 8 heterocycles. The molecule has 4 aromatic heterocycles. The minimum atomic E-state index is -1.47. The lowest BCUT2D eigenvalue weighted by atomic mass is 9.96. The number of rotatable bonds is 51. The lowest BCUT2D eigenvalue weighted by Gasteiger charge is -2.42. The van der Waals surface area contributed by atoms with Crippen molar-refractivity contribution in [1.29, 1.82) is 0 Å². The van der Waals surface area contributed by atoms with Gasteiger partial charge in [0.05, 0.1) is 155 Å². The topological polar surface area (TPSA) is 599 Å². The third-order valence-corrected chi connectivity index (χ3v) is 19.2. The molecule has 21 atom stereocenters. The van der Waals surface area contributed by atoms with Crippen LogP contribution in [0.3, 0.4) is 0 Å². The van der Waals surface area contributed by atoms with Crippen LogP contribution in [-0.4, -0.2) is 396 Å². The van der Waals surface area contributed by atoms with Crippen LogP contribution in [0.5, 0.6) is 0 Å².